The van der Waals surface area contributed by atoms with Crippen LogP contribution in [0.5, 0.6) is 11.5 Å². The van der Waals surface area contributed by atoms with Gasteiger partial charge in [0.1, 0.15) is 21.5 Å². The van der Waals surface area contributed by atoms with Gasteiger partial charge in [0.2, 0.25) is 10.0 Å². The molecule has 0 bridgehead atoms. The van der Waals surface area contributed by atoms with Crippen LogP contribution in [0.2, 0.25) is 0 Å². The van der Waals surface area contributed by atoms with Gasteiger partial charge in [-0.15, -0.1) is 11.3 Å². The van der Waals surface area contributed by atoms with Crippen LogP contribution in [0.25, 0.3) is 0 Å². The van der Waals surface area contributed by atoms with Gasteiger partial charge in [-0.2, -0.15) is 0 Å². The Morgan fingerprint density at radius 1 is 0.958 bits per heavy atom. The van der Waals surface area contributed by atoms with Crippen LogP contribution in [0.4, 0.5) is 4.39 Å². The van der Waals surface area contributed by atoms with Gasteiger partial charge in [-0.05, 0) is 53.4 Å². The third-order valence-corrected chi connectivity index (χ3v) is 6.00. The van der Waals surface area contributed by atoms with Crippen molar-refractivity contribution in [1.29, 1.82) is 0 Å². The van der Waals surface area contributed by atoms with Gasteiger partial charge in [-0.25, -0.2) is 17.5 Å². The molecule has 3 aromatic rings. The lowest BCUT2D eigenvalue weighted by Crippen LogP contribution is -2.22. The van der Waals surface area contributed by atoms with Crippen molar-refractivity contribution in [2.75, 3.05) is 0 Å². The first-order chi connectivity index (χ1) is 11.5. The first-order valence-electron chi connectivity index (χ1n) is 7.08. The molecule has 0 aliphatic heterocycles. The van der Waals surface area contributed by atoms with E-state index in [0.717, 1.165) is 5.56 Å². The molecule has 3 rings (SSSR count). The fourth-order valence-electron chi connectivity index (χ4n) is 1.98. The third kappa shape index (κ3) is 4.19. The van der Waals surface area contributed by atoms with E-state index in [1.165, 1.54) is 23.5 Å². The highest BCUT2D eigenvalue weighted by atomic mass is 32.2. The first-order valence-corrected chi connectivity index (χ1v) is 9.45. The minimum absolute atomic E-state index is 0.192. The Morgan fingerprint density at radius 3 is 2.17 bits per heavy atom. The predicted octanol–water partition coefficient (Wildman–Crippen LogP) is 4.16. The normalized spacial score (nSPS) is 11.4. The van der Waals surface area contributed by atoms with Crippen molar-refractivity contribution in [3.8, 4) is 11.5 Å². The van der Waals surface area contributed by atoms with Crippen molar-refractivity contribution >= 4 is 21.4 Å². The largest absolute Gasteiger partial charge is 0.457 e. The number of thiophene rings is 1. The Kier molecular flexibility index (Phi) is 4.94. The van der Waals surface area contributed by atoms with E-state index in [2.05, 4.69) is 4.72 Å². The number of hydrogen-bond acceptors (Lipinski definition) is 4. The number of rotatable bonds is 6. The van der Waals surface area contributed by atoms with Crippen LogP contribution in [-0.4, -0.2) is 8.42 Å². The molecule has 124 valence electrons. The van der Waals surface area contributed by atoms with Gasteiger partial charge in [0.05, 0.1) is 0 Å². The monoisotopic (exact) mass is 363 g/mol. The third-order valence-electron chi connectivity index (χ3n) is 3.20. The molecule has 0 unspecified atom stereocenters. The van der Waals surface area contributed by atoms with Gasteiger partial charge < -0.3 is 4.74 Å². The Morgan fingerprint density at radius 2 is 1.58 bits per heavy atom. The first kappa shape index (κ1) is 16.6. The van der Waals surface area contributed by atoms with Crippen LogP contribution in [-0.2, 0) is 16.6 Å². The molecule has 0 aliphatic rings. The minimum atomic E-state index is -3.48. The molecule has 0 atom stereocenters. The second kappa shape index (κ2) is 7.12. The van der Waals surface area contributed by atoms with E-state index in [9.17, 15) is 12.8 Å². The highest BCUT2D eigenvalue weighted by Gasteiger charge is 2.14. The van der Waals surface area contributed by atoms with E-state index >= 15 is 0 Å². The summed E-state index contributed by atoms with van der Waals surface area (Å²) in [6, 6.07) is 16.0. The lowest BCUT2D eigenvalue weighted by Gasteiger charge is -2.08. The van der Waals surface area contributed by atoms with E-state index in [1.54, 1.807) is 53.9 Å². The maximum absolute atomic E-state index is 12.9. The Labute approximate surface area is 143 Å². The van der Waals surface area contributed by atoms with Gasteiger partial charge in [0, 0.05) is 6.54 Å². The molecule has 1 aromatic heterocycles. The van der Waals surface area contributed by atoms with Crippen LogP contribution in [0.15, 0.2) is 70.3 Å². The zero-order chi connectivity index (χ0) is 17.0. The Hall–Kier alpha value is -2.22. The highest BCUT2D eigenvalue weighted by molar-refractivity contribution is 7.91. The van der Waals surface area contributed by atoms with Crippen molar-refractivity contribution in [2.45, 2.75) is 10.8 Å². The molecule has 1 heterocycles. The number of nitrogens with one attached hydrogen (secondary N) is 1. The summed E-state index contributed by atoms with van der Waals surface area (Å²) in [5.41, 5.74) is 0.807. The SMILES string of the molecule is O=S(=O)(NCc1ccc(Oc2ccc(F)cc2)cc1)c1cccs1. The van der Waals surface area contributed by atoms with E-state index in [-0.39, 0.29) is 12.4 Å². The summed E-state index contributed by atoms with van der Waals surface area (Å²) < 4.78 is 45.4. The number of sulfonamides is 1. The Bertz CT molecular complexity index is 890. The molecule has 4 nitrogen and oxygen atoms in total. The Balaban J connectivity index is 1.61. The zero-order valence-electron chi connectivity index (χ0n) is 12.5. The van der Waals surface area contributed by atoms with Crippen molar-refractivity contribution in [3.63, 3.8) is 0 Å². The standard InChI is InChI=1S/C17H14FNO3S2/c18-14-5-9-16(10-6-14)22-15-7-3-13(4-8-15)12-19-24(20,21)17-2-1-11-23-17/h1-11,19H,12H2. The number of ether oxygens (including phenoxy) is 1. The average Bonchev–Trinajstić information content (AvgIpc) is 3.12. The minimum Gasteiger partial charge on any atom is -0.457 e. The maximum atomic E-state index is 12.9. The molecule has 24 heavy (non-hydrogen) atoms. The van der Waals surface area contributed by atoms with E-state index in [4.69, 9.17) is 4.74 Å². The zero-order valence-corrected chi connectivity index (χ0v) is 14.1. The van der Waals surface area contributed by atoms with Gasteiger partial charge >= 0.3 is 0 Å². The summed E-state index contributed by atoms with van der Waals surface area (Å²) >= 11 is 1.17. The highest BCUT2D eigenvalue weighted by Crippen LogP contribution is 2.22. The molecule has 0 spiro atoms. The second-order valence-electron chi connectivity index (χ2n) is 4.96. The van der Waals surface area contributed by atoms with Crippen LogP contribution in [0, 0.1) is 5.82 Å². The van der Waals surface area contributed by atoms with E-state index in [1.807, 2.05) is 0 Å². The predicted molar refractivity (Wildman–Crippen MR) is 91.3 cm³/mol. The molecule has 0 saturated carbocycles. The van der Waals surface area contributed by atoms with Crippen molar-refractivity contribution in [1.82, 2.24) is 4.72 Å². The summed E-state index contributed by atoms with van der Waals surface area (Å²) in [6.45, 7) is 0.192. The molecule has 0 aliphatic carbocycles. The fraction of sp³-hybridized carbons (Fsp3) is 0.0588. The van der Waals surface area contributed by atoms with E-state index in [0.29, 0.717) is 15.7 Å². The number of hydrogen-bond donors (Lipinski definition) is 1. The summed E-state index contributed by atoms with van der Waals surface area (Å²) in [6.07, 6.45) is 0. The van der Waals surface area contributed by atoms with E-state index < -0.39 is 10.0 Å². The van der Waals surface area contributed by atoms with Crippen LogP contribution >= 0.6 is 11.3 Å². The molecular weight excluding hydrogens is 349 g/mol. The molecule has 0 amide bonds. The van der Waals surface area contributed by atoms with Crippen molar-refractivity contribution < 1.29 is 17.5 Å². The maximum Gasteiger partial charge on any atom is 0.250 e. The van der Waals surface area contributed by atoms with Crippen molar-refractivity contribution in [2.24, 2.45) is 0 Å². The van der Waals surface area contributed by atoms with Crippen LogP contribution in [0.3, 0.4) is 0 Å². The molecular formula is C17H14FNO3S2. The molecule has 0 fully saturated rings. The molecule has 0 radical (unpaired) electrons. The molecule has 1 N–H and O–H groups in total. The topological polar surface area (TPSA) is 55.4 Å². The smallest absolute Gasteiger partial charge is 0.250 e. The second-order valence-corrected chi connectivity index (χ2v) is 7.90. The quantitative estimate of drug-likeness (QED) is 0.715. The number of benzene rings is 2. The van der Waals surface area contributed by atoms with Gasteiger partial charge in [-0.1, -0.05) is 18.2 Å². The average molecular weight is 363 g/mol. The summed E-state index contributed by atoms with van der Waals surface area (Å²) in [5, 5.41) is 1.72. The summed E-state index contributed by atoms with van der Waals surface area (Å²) in [5.74, 6) is 0.796. The fourth-order valence-corrected chi connectivity index (χ4v) is 4.04. The van der Waals surface area contributed by atoms with Crippen LogP contribution < -0.4 is 9.46 Å². The summed E-state index contributed by atoms with van der Waals surface area (Å²) in [7, 11) is -3.48. The lowest BCUT2D eigenvalue weighted by atomic mass is 10.2. The molecule has 2 aromatic carbocycles. The van der Waals surface area contributed by atoms with Gasteiger partial charge in [-0.3, -0.25) is 0 Å². The van der Waals surface area contributed by atoms with Gasteiger partial charge in [0.25, 0.3) is 0 Å². The van der Waals surface area contributed by atoms with Gasteiger partial charge in [0.15, 0.2) is 0 Å². The molecule has 0 saturated heterocycles. The summed E-state index contributed by atoms with van der Waals surface area (Å²) in [4.78, 5) is 0. The lowest BCUT2D eigenvalue weighted by molar-refractivity contribution is 0.480. The molecule has 7 heteroatoms. The van der Waals surface area contributed by atoms with Crippen LogP contribution in [0.1, 0.15) is 5.56 Å². The van der Waals surface area contributed by atoms with Crippen molar-refractivity contribution in [3.05, 3.63) is 77.4 Å². The number of halogens is 1.